The van der Waals surface area contributed by atoms with Gasteiger partial charge < -0.3 is 0 Å². The van der Waals surface area contributed by atoms with Crippen molar-refractivity contribution in [3.63, 3.8) is 0 Å². The van der Waals surface area contributed by atoms with Gasteiger partial charge in [-0.05, 0) is 25.2 Å². The molecule has 0 aromatic carbocycles. The second-order valence-electron chi connectivity index (χ2n) is 4.69. The van der Waals surface area contributed by atoms with Gasteiger partial charge in [0.25, 0.3) is 0 Å². The van der Waals surface area contributed by atoms with E-state index in [0.29, 0.717) is 0 Å². The molecule has 0 radical (unpaired) electrons. The van der Waals surface area contributed by atoms with E-state index < -0.39 is 0 Å². The van der Waals surface area contributed by atoms with Crippen LogP contribution >= 0.6 is 0 Å². The van der Waals surface area contributed by atoms with Gasteiger partial charge >= 0.3 is 0 Å². The Kier molecular flexibility index (Phi) is 11.2. The molecular formula is C15H28. The van der Waals surface area contributed by atoms with E-state index in [4.69, 9.17) is 0 Å². The third kappa shape index (κ3) is 13.5. The highest BCUT2D eigenvalue weighted by Gasteiger charge is 1.86. The minimum absolute atomic E-state index is 0.781. The van der Waals surface area contributed by atoms with Crippen LogP contribution in [0.15, 0.2) is 24.3 Å². The zero-order valence-corrected chi connectivity index (χ0v) is 10.8. The van der Waals surface area contributed by atoms with E-state index in [1.807, 2.05) is 0 Å². The Hall–Kier alpha value is -0.520. The van der Waals surface area contributed by atoms with E-state index >= 15 is 0 Å². The Bertz CT molecular complexity index is 163. The van der Waals surface area contributed by atoms with Gasteiger partial charge in [-0.1, -0.05) is 70.8 Å². The maximum Gasteiger partial charge on any atom is -0.0324 e. The Morgan fingerprint density at radius 1 is 0.867 bits per heavy atom. The summed E-state index contributed by atoms with van der Waals surface area (Å²) in [6.45, 7) is 6.77. The molecule has 0 aromatic heterocycles. The van der Waals surface area contributed by atoms with Crippen molar-refractivity contribution in [1.82, 2.24) is 0 Å². The maximum atomic E-state index is 2.29. The van der Waals surface area contributed by atoms with Gasteiger partial charge in [0.15, 0.2) is 0 Å². The summed E-state index contributed by atoms with van der Waals surface area (Å²) in [7, 11) is 0. The van der Waals surface area contributed by atoms with E-state index in [1.165, 1.54) is 44.9 Å². The van der Waals surface area contributed by atoms with Crippen molar-refractivity contribution in [2.24, 2.45) is 5.92 Å². The summed E-state index contributed by atoms with van der Waals surface area (Å²) in [4.78, 5) is 0. The fourth-order valence-electron chi connectivity index (χ4n) is 1.47. The molecule has 0 aliphatic rings. The quantitative estimate of drug-likeness (QED) is 0.346. The standard InChI is InChI=1S/C15H28/c1-4-5-6-7-8-9-10-11-12-13-14-15(2)3/h10-13,15H,4-9,14H2,1-3H3/b11-10+,13-12+. The number of unbranched alkanes of at least 4 members (excludes halogenated alkanes) is 5. The third-order valence-corrected chi connectivity index (χ3v) is 2.47. The van der Waals surface area contributed by atoms with Gasteiger partial charge in [0, 0.05) is 0 Å². The highest BCUT2D eigenvalue weighted by Crippen LogP contribution is 2.05. The molecule has 0 saturated heterocycles. The molecule has 0 fully saturated rings. The fraction of sp³-hybridized carbons (Fsp3) is 0.733. The number of hydrogen-bond acceptors (Lipinski definition) is 0. The molecule has 0 heteroatoms. The van der Waals surface area contributed by atoms with Crippen LogP contribution in [0.3, 0.4) is 0 Å². The molecule has 15 heavy (non-hydrogen) atoms. The highest BCUT2D eigenvalue weighted by atomic mass is 13.9. The van der Waals surface area contributed by atoms with Crippen LogP contribution in [-0.2, 0) is 0 Å². The minimum atomic E-state index is 0.781. The highest BCUT2D eigenvalue weighted by molar-refractivity contribution is 5.02. The first-order chi connectivity index (χ1) is 7.27. The summed E-state index contributed by atoms with van der Waals surface area (Å²) in [5.41, 5.74) is 0. The summed E-state index contributed by atoms with van der Waals surface area (Å²) in [5, 5.41) is 0. The molecule has 0 heterocycles. The molecule has 0 bridgehead atoms. The van der Waals surface area contributed by atoms with Crippen molar-refractivity contribution >= 4 is 0 Å². The van der Waals surface area contributed by atoms with Crippen LogP contribution in [0.1, 0.15) is 65.7 Å². The molecule has 0 aromatic rings. The lowest BCUT2D eigenvalue weighted by atomic mass is 10.1. The van der Waals surface area contributed by atoms with Gasteiger partial charge in [0.1, 0.15) is 0 Å². The van der Waals surface area contributed by atoms with Gasteiger partial charge in [-0.2, -0.15) is 0 Å². The summed E-state index contributed by atoms with van der Waals surface area (Å²) in [6, 6.07) is 0. The van der Waals surface area contributed by atoms with Crippen LogP contribution in [-0.4, -0.2) is 0 Å². The average Bonchev–Trinajstić information content (AvgIpc) is 2.20. The van der Waals surface area contributed by atoms with E-state index in [9.17, 15) is 0 Å². The first-order valence-electron chi connectivity index (χ1n) is 6.59. The smallest absolute Gasteiger partial charge is 0.0324 e. The van der Waals surface area contributed by atoms with Crippen LogP contribution < -0.4 is 0 Å². The van der Waals surface area contributed by atoms with E-state index in [0.717, 1.165) is 5.92 Å². The zero-order chi connectivity index (χ0) is 11.4. The third-order valence-electron chi connectivity index (χ3n) is 2.47. The lowest BCUT2D eigenvalue weighted by molar-refractivity contribution is 0.637. The Balaban J connectivity index is 3.20. The van der Waals surface area contributed by atoms with Crippen LogP contribution in [0.5, 0.6) is 0 Å². The van der Waals surface area contributed by atoms with E-state index in [2.05, 4.69) is 45.1 Å². The second kappa shape index (κ2) is 11.6. The molecule has 0 aliphatic heterocycles. The predicted molar refractivity (Wildman–Crippen MR) is 71.1 cm³/mol. The minimum Gasteiger partial charge on any atom is -0.0845 e. The number of hydrogen-bond donors (Lipinski definition) is 0. The van der Waals surface area contributed by atoms with Gasteiger partial charge in [0.05, 0.1) is 0 Å². The van der Waals surface area contributed by atoms with Crippen LogP contribution in [0, 0.1) is 5.92 Å². The van der Waals surface area contributed by atoms with Gasteiger partial charge in [-0.25, -0.2) is 0 Å². The lowest BCUT2D eigenvalue weighted by Gasteiger charge is -1.96. The molecule has 88 valence electrons. The molecule has 0 unspecified atom stereocenters. The molecule has 0 N–H and O–H groups in total. The molecule has 0 amide bonds. The lowest BCUT2D eigenvalue weighted by Crippen LogP contribution is -1.80. The van der Waals surface area contributed by atoms with Crippen LogP contribution in [0.2, 0.25) is 0 Å². The molecule has 0 rings (SSSR count). The van der Waals surface area contributed by atoms with Gasteiger partial charge in [-0.3, -0.25) is 0 Å². The Labute approximate surface area is 96.5 Å². The van der Waals surface area contributed by atoms with Crippen molar-refractivity contribution in [2.45, 2.75) is 65.7 Å². The van der Waals surface area contributed by atoms with Gasteiger partial charge in [0.2, 0.25) is 0 Å². The molecule has 0 aliphatic carbocycles. The second-order valence-corrected chi connectivity index (χ2v) is 4.69. The molecular weight excluding hydrogens is 180 g/mol. The first-order valence-corrected chi connectivity index (χ1v) is 6.59. The molecule has 0 nitrogen and oxygen atoms in total. The van der Waals surface area contributed by atoms with Crippen molar-refractivity contribution in [1.29, 1.82) is 0 Å². The van der Waals surface area contributed by atoms with Crippen LogP contribution in [0.4, 0.5) is 0 Å². The summed E-state index contributed by atoms with van der Waals surface area (Å²) in [5.74, 6) is 0.781. The topological polar surface area (TPSA) is 0 Å². The summed E-state index contributed by atoms with van der Waals surface area (Å²) >= 11 is 0. The van der Waals surface area contributed by atoms with Crippen molar-refractivity contribution in [3.8, 4) is 0 Å². The largest absolute Gasteiger partial charge is 0.0845 e. The molecule has 0 saturated carbocycles. The predicted octanol–water partition coefficient (Wildman–Crippen LogP) is 5.51. The Morgan fingerprint density at radius 3 is 2.20 bits per heavy atom. The summed E-state index contributed by atoms with van der Waals surface area (Å²) < 4.78 is 0. The molecule has 0 atom stereocenters. The average molecular weight is 208 g/mol. The van der Waals surface area contributed by atoms with Crippen molar-refractivity contribution in [2.75, 3.05) is 0 Å². The number of allylic oxidation sites excluding steroid dienone is 4. The van der Waals surface area contributed by atoms with E-state index in [1.54, 1.807) is 0 Å². The van der Waals surface area contributed by atoms with Crippen molar-refractivity contribution < 1.29 is 0 Å². The van der Waals surface area contributed by atoms with Crippen LogP contribution in [0.25, 0.3) is 0 Å². The number of rotatable bonds is 9. The van der Waals surface area contributed by atoms with E-state index in [-0.39, 0.29) is 0 Å². The fourth-order valence-corrected chi connectivity index (χ4v) is 1.47. The molecule has 0 spiro atoms. The Morgan fingerprint density at radius 2 is 1.53 bits per heavy atom. The maximum absolute atomic E-state index is 2.29. The monoisotopic (exact) mass is 208 g/mol. The van der Waals surface area contributed by atoms with Crippen molar-refractivity contribution in [3.05, 3.63) is 24.3 Å². The normalized spacial score (nSPS) is 12.3. The first kappa shape index (κ1) is 14.5. The van der Waals surface area contributed by atoms with Gasteiger partial charge in [-0.15, -0.1) is 0 Å². The zero-order valence-electron chi connectivity index (χ0n) is 10.8. The SMILES string of the molecule is CCCCCCC/C=C/C=C/CC(C)C. The summed E-state index contributed by atoms with van der Waals surface area (Å²) in [6.07, 6.45) is 18.3.